The number of rotatable bonds is 4. The van der Waals surface area contributed by atoms with Crippen LogP contribution in [0.15, 0.2) is 34.1 Å². The highest BCUT2D eigenvalue weighted by molar-refractivity contribution is 9.11. The first-order valence-corrected chi connectivity index (χ1v) is 8.86. The number of fused-ring (bicyclic) bond motifs is 1. The van der Waals surface area contributed by atoms with E-state index < -0.39 is 0 Å². The minimum atomic E-state index is 0.468. The number of benzene rings is 1. The summed E-state index contributed by atoms with van der Waals surface area (Å²) in [6, 6.07) is 11.7. The summed E-state index contributed by atoms with van der Waals surface area (Å²) in [5, 5.41) is 3.72. The molecule has 2 aromatic rings. The molecule has 106 valence electrons. The van der Waals surface area contributed by atoms with Gasteiger partial charge in [0, 0.05) is 10.9 Å². The molecule has 20 heavy (non-hydrogen) atoms. The van der Waals surface area contributed by atoms with Crippen molar-refractivity contribution in [1.82, 2.24) is 5.32 Å². The van der Waals surface area contributed by atoms with E-state index in [-0.39, 0.29) is 0 Å². The predicted molar refractivity (Wildman–Crippen MR) is 90.5 cm³/mol. The van der Waals surface area contributed by atoms with Crippen LogP contribution in [0.25, 0.3) is 0 Å². The molecule has 1 aromatic heterocycles. The molecule has 0 aliphatic heterocycles. The molecule has 1 atom stereocenters. The third-order valence-electron chi connectivity index (χ3n) is 4.24. The van der Waals surface area contributed by atoms with E-state index >= 15 is 0 Å². The second kappa shape index (κ2) is 6.00. The van der Waals surface area contributed by atoms with Crippen LogP contribution in [-0.2, 0) is 12.8 Å². The average Bonchev–Trinajstić information content (AvgIpc) is 2.99. The summed E-state index contributed by atoms with van der Waals surface area (Å²) in [5.41, 5.74) is 4.54. The van der Waals surface area contributed by atoms with Gasteiger partial charge in [-0.3, -0.25) is 0 Å². The molecule has 1 aliphatic carbocycles. The molecule has 0 spiro atoms. The molecule has 1 unspecified atom stereocenters. The summed E-state index contributed by atoms with van der Waals surface area (Å²) in [6.07, 6.45) is 2.39. The van der Waals surface area contributed by atoms with Gasteiger partial charge in [-0.05, 0) is 70.9 Å². The highest BCUT2D eigenvalue weighted by Crippen LogP contribution is 2.39. The molecule has 0 amide bonds. The van der Waals surface area contributed by atoms with Crippen LogP contribution >= 0.6 is 27.3 Å². The Bertz CT molecular complexity index is 580. The van der Waals surface area contributed by atoms with Crippen LogP contribution in [0.3, 0.4) is 0 Å². The summed E-state index contributed by atoms with van der Waals surface area (Å²) >= 11 is 5.47. The molecule has 1 aliphatic rings. The third kappa shape index (κ3) is 2.72. The van der Waals surface area contributed by atoms with E-state index in [2.05, 4.69) is 65.4 Å². The molecule has 0 radical (unpaired) electrons. The lowest BCUT2D eigenvalue weighted by Crippen LogP contribution is -2.28. The van der Waals surface area contributed by atoms with Crippen molar-refractivity contribution in [3.63, 3.8) is 0 Å². The van der Waals surface area contributed by atoms with Gasteiger partial charge in [0.05, 0.1) is 3.79 Å². The van der Waals surface area contributed by atoms with E-state index in [0.29, 0.717) is 12.0 Å². The van der Waals surface area contributed by atoms with Gasteiger partial charge >= 0.3 is 0 Å². The van der Waals surface area contributed by atoms with E-state index in [1.165, 1.54) is 38.2 Å². The molecule has 1 aromatic carbocycles. The van der Waals surface area contributed by atoms with Crippen LogP contribution in [0.4, 0.5) is 0 Å². The summed E-state index contributed by atoms with van der Waals surface area (Å²) in [4.78, 5) is 1.43. The van der Waals surface area contributed by atoms with Gasteiger partial charge in [0.1, 0.15) is 0 Å². The summed E-state index contributed by atoms with van der Waals surface area (Å²) in [6.45, 7) is 5.45. The minimum absolute atomic E-state index is 0.468. The maximum Gasteiger partial charge on any atom is 0.0704 e. The van der Waals surface area contributed by atoms with Crippen LogP contribution < -0.4 is 5.32 Å². The first-order valence-electron chi connectivity index (χ1n) is 7.25. The zero-order valence-electron chi connectivity index (χ0n) is 11.9. The molecule has 0 fully saturated rings. The molecule has 0 saturated carbocycles. The zero-order chi connectivity index (χ0) is 14.1. The maximum absolute atomic E-state index is 3.72. The lowest BCUT2D eigenvalue weighted by molar-refractivity contribution is 0.380. The average molecular weight is 350 g/mol. The van der Waals surface area contributed by atoms with Crippen molar-refractivity contribution in [2.24, 2.45) is 5.92 Å². The lowest BCUT2D eigenvalue weighted by Gasteiger charge is -2.24. The molecule has 0 bridgehead atoms. The topological polar surface area (TPSA) is 12.0 Å². The lowest BCUT2D eigenvalue weighted by atomic mass is 9.91. The molecule has 3 heteroatoms. The van der Waals surface area contributed by atoms with Gasteiger partial charge in [-0.15, -0.1) is 11.3 Å². The van der Waals surface area contributed by atoms with Crippen molar-refractivity contribution < 1.29 is 0 Å². The van der Waals surface area contributed by atoms with Crippen molar-refractivity contribution in [3.05, 3.63) is 55.7 Å². The van der Waals surface area contributed by atoms with E-state index in [1.807, 2.05) is 11.3 Å². The number of halogens is 1. The summed E-state index contributed by atoms with van der Waals surface area (Å²) in [5.74, 6) is 0.674. The Balaban J connectivity index is 1.88. The summed E-state index contributed by atoms with van der Waals surface area (Å²) < 4.78 is 1.24. The highest BCUT2D eigenvalue weighted by Gasteiger charge is 2.30. The maximum atomic E-state index is 3.72. The largest absolute Gasteiger partial charge is 0.310 e. The van der Waals surface area contributed by atoms with Gasteiger partial charge in [0.2, 0.25) is 0 Å². The van der Waals surface area contributed by atoms with E-state index in [0.717, 1.165) is 6.54 Å². The number of nitrogens with one attached hydrogen (secondary N) is 1. The van der Waals surface area contributed by atoms with Gasteiger partial charge < -0.3 is 5.32 Å². The molecule has 1 heterocycles. The number of hydrogen-bond donors (Lipinski definition) is 1. The fourth-order valence-corrected chi connectivity index (χ4v) is 5.10. The fraction of sp³-hybridized carbons (Fsp3) is 0.412. The Morgan fingerprint density at radius 1 is 1.30 bits per heavy atom. The van der Waals surface area contributed by atoms with Gasteiger partial charge in [-0.25, -0.2) is 0 Å². The standard InChI is InChI=1S/C17H20BrNS/c1-3-19-17(15-10-16(18)20-11(15)2)14-8-12-6-4-5-7-13(12)9-14/h4-7,10,14,17,19H,3,8-9H2,1-2H3. The van der Waals surface area contributed by atoms with Gasteiger partial charge in [0.15, 0.2) is 0 Å². The van der Waals surface area contributed by atoms with Gasteiger partial charge in [0.25, 0.3) is 0 Å². The molecular formula is C17H20BrNS. The first-order chi connectivity index (χ1) is 9.69. The number of aryl methyl sites for hydroxylation is 1. The second-order valence-corrected chi connectivity index (χ2v) is 8.17. The normalized spacial score (nSPS) is 16.4. The monoisotopic (exact) mass is 349 g/mol. The van der Waals surface area contributed by atoms with Crippen molar-refractivity contribution in [2.75, 3.05) is 6.54 Å². The fourth-order valence-electron chi connectivity index (χ4n) is 3.35. The van der Waals surface area contributed by atoms with Crippen molar-refractivity contribution >= 4 is 27.3 Å². The number of hydrogen-bond acceptors (Lipinski definition) is 2. The Labute approximate surface area is 133 Å². The van der Waals surface area contributed by atoms with E-state index in [4.69, 9.17) is 0 Å². The smallest absolute Gasteiger partial charge is 0.0704 e. The van der Waals surface area contributed by atoms with Crippen LogP contribution in [-0.4, -0.2) is 6.54 Å². The van der Waals surface area contributed by atoms with Crippen molar-refractivity contribution in [1.29, 1.82) is 0 Å². The van der Waals surface area contributed by atoms with Gasteiger partial charge in [-0.1, -0.05) is 31.2 Å². The SMILES string of the molecule is CCNC(c1cc(Br)sc1C)C1Cc2ccccc2C1. The Kier molecular flexibility index (Phi) is 4.29. The summed E-state index contributed by atoms with van der Waals surface area (Å²) in [7, 11) is 0. The van der Waals surface area contributed by atoms with E-state index in [9.17, 15) is 0 Å². The third-order valence-corrected chi connectivity index (χ3v) is 5.81. The molecule has 1 nitrogen and oxygen atoms in total. The van der Waals surface area contributed by atoms with Crippen LogP contribution in [0, 0.1) is 12.8 Å². The molecule has 1 N–H and O–H groups in total. The Morgan fingerprint density at radius 3 is 2.45 bits per heavy atom. The second-order valence-electron chi connectivity index (χ2n) is 5.53. The Morgan fingerprint density at radius 2 is 1.95 bits per heavy atom. The van der Waals surface area contributed by atoms with E-state index in [1.54, 1.807) is 0 Å². The minimum Gasteiger partial charge on any atom is -0.310 e. The number of thiophene rings is 1. The Hall–Kier alpha value is -0.640. The molecule has 0 saturated heterocycles. The van der Waals surface area contributed by atoms with Crippen LogP contribution in [0.2, 0.25) is 0 Å². The zero-order valence-corrected chi connectivity index (χ0v) is 14.4. The molecule has 3 rings (SSSR count). The predicted octanol–water partition coefficient (Wildman–Crippen LogP) is 4.88. The first kappa shape index (κ1) is 14.3. The highest BCUT2D eigenvalue weighted by atomic mass is 79.9. The molecular weight excluding hydrogens is 330 g/mol. The van der Waals surface area contributed by atoms with Crippen LogP contribution in [0.5, 0.6) is 0 Å². The quantitative estimate of drug-likeness (QED) is 0.828. The van der Waals surface area contributed by atoms with Crippen molar-refractivity contribution in [3.8, 4) is 0 Å². The van der Waals surface area contributed by atoms with Crippen LogP contribution in [0.1, 0.15) is 34.5 Å². The van der Waals surface area contributed by atoms with Gasteiger partial charge in [-0.2, -0.15) is 0 Å². The van der Waals surface area contributed by atoms with Crippen molar-refractivity contribution in [2.45, 2.75) is 32.7 Å².